The molecule has 0 spiro atoms. The van der Waals surface area contributed by atoms with Crippen molar-refractivity contribution in [3.8, 4) is 0 Å². The highest BCUT2D eigenvalue weighted by atomic mass is 16.5. The van der Waals surface area contributed by atoms with E-state index in [4.69, 9.17) is 9.47 Å². The lowest BCUT2D eigenvalue weighted by atomic mass is 10.0. The van der Waals surface area contributed by atoms with E-state index in [2.05, 4.69) is 21.7 Å². The summed E-state index contributed by atoms with van der Waals surface area (Å²) in [5.74, 6) is 1.04. The van der Waals surface area contributed by atoms with Gasteiger partial charge in [-0.05, 0) is 31.4 Å². The van der Waals surface area contributed by atoms with E-state index >= 15 is 0 Å². The first-order chi connectivity index (χ1) is 13.7. The third-order valence-electron chi connectivity index (χ3n) is 6.23. The van der Waals surface area contributed by atoms with E-state index in [9.17, 15) is 4.79 Å². The van der Waals surface area contributed by atoms with Gasteiger partial charge in [0.05, 0.1) is 31.5 Å². The number of piperidine rings is 1. The van der Waals surface area contributed by atoms with E-state index in [0.29, 0.717) is 11.6 Å². The first kappa shape index (κ1) is 19.6. The molecule has 0 aliphatic carbocycles. The molecule has 7 heteroatoms. The van der Waals surface area contributed by atoms with Crippen molar-refractivity contribution in [3.05, 3.63) is 23.9 Å². The van der Waals surface area contributed by atoms with Crippen molar-refractivity contribution in [2.45, 2.75) is 38.3 Å². The van der Waals surface area contributed by atoms with Crippen LogP contribution in [0.5, 0.6) is 0 Å². The van der Waals surface area contributed by atoms with Crippen LogP contribution in [-0.4, -0.2) is 91.9 Å². The summed E-state index contributed by atoms with van der Waals surface area (Å²) in [5.41, 5.74) is 0.689. The Balaban J connectivity index is 1.31. The zero-order chi connectivity index (χ0) is 19.3. The average Bonchev–Trinajstić information content (AvgIpc) is 2.79. The molecule has 0 radical (unpaired) electrons. The Kier molecular flexibility index (Phi) is 6.44. The maximum atomic E-state index is 12.9. The topological polar surface area (TPSA) is 58.1 Å². The Morgan fingerprint density at radius 3 is 2.57 bits per heavy atom. The van der Waals surface area contributed by atoms with Gasteiger partial charge in [0.15, 0.2) is 0 Å². The summed E-state index contributed by atoms with van der Waals surface area (Å²) >= 11 is 0. The normalized spacial score (nSPS) is 25.1. The first-order valence-electron chi connectivity index (χ1n) is 10.7. The number of nitrogens with zero attached hydrogens (tertiary/aromatic N) is 4. The number of pyridine rings is 1. The van der Waals surface area contributed by atoms with Crippen LogP contribution in [0.25, 0.3) is 0 Å². The first-order valence-corrected chi connectivity index (χ1v) is 10.7. The van der Waals surface area contributed by atoms with Gasteiger partial charge in [0, 0.05) is 51.5 Å². The van der Waals surface area contributed by atoms with Crippen LogP contribution in [0.15, 0.2) is 18.3 Å². The van der Waals surface area contributed by atoms with Crippen LogP contribution in [0.3, 0.4) is 0 Å². The van der Waals surface area contributed by atoms with Crippen molar-refractivity contribution in [1.82, 2.24) is 14.8 Å². The van der Waals surface area contributed by atoms with Gasteiger partial charge in [-0.1, -0.05) is 6.92 Å². The predicted molar refractivity (Wildman–Crippen MR) is 108 cm³/mol. The molecule has 0 saturated carbocycles. The zero-order valence-electron chi connectivity index (χ0n) is 16.9. The van der Waals surface area contributed by atoms with Crippen LogP contribution in [0, 0.1) is 0 Å². The number of amides is 1. The molecule has 3 aliphatic heterocycles. The monoisotopic (exact) mass is 388 g/mol. The van der Waals surface area contributed by atoms with Crippen molar-refractivity contribution in [3.63, 3.8) is 0 Å². The molecule has 1 aromatic heterocycles. The summed E-state index contributed by atoms with van der Waals surface area (Å²) in [5, 5.41) is 0. The SMILES string of the molecule is CCC1CN(c2ccc(C(=O)N3CCC(N4CCOCC4)CC3)cn2)CCO1. The lowest BCUT2D eigenvalue weighted by molar-refractivity contribution is 0.00158. The molecule has 0 N–H and O–H groups in total. The standard InChI is InChI=1S/C21H32N4O3/c1-2-19-16-25(11-14-28-19)20-4-3-17(15-22-20)21(26)24-7-5-18(6-8-24)23-9-12-27-13-10-23/h3-4,15,18-19H,2,5-14,16H2,1H3. The number of morpholine rings is 2. The van der Waals surface area contributed by atoms with Crippen molar-refractivity contribution in [1.29, 1.82) is 0 Å². The van der Waals surface area contributed by atoms with Crippen LogP contribution in [0.2, 0.25) is 0 Å². The van der Waals surface area contributed by atoms with E-state index < -0.39 is 0 Å². The van der Waals surface area contributed by atoms with Gasteiger partial charge in [-0.3, -0.25) is 9.69 Å². The lowest BCUT2D eigenvalue weighted by Gasteiger charge is -2.40. The van der Waals surface area contributed by atoms with Crippen LogP contribution in [0.1, 0.15) is 36.5 Å². The van der Waals surface area contributed by atoms with Crippen molar-refractivity contribution in [2.75, 3.05) is 64.0 Å². The fourth-order valence-electron chi connectivity index (χ4n) is 4.43. The third kappa shape index (κ3) is 4.47. The van der Waals surface area contributed by atoms with Crippen LogP contribution in [0.4, 0.5) is 5.82 Å². The Morgan fingerprint density at radius 1 is 1.11 bits per heavy atom. The van der Waals surface area contributed by atoms with E-state index in [1.807, 2.05) is 17.0 Å². The summed E-state index contributed by atoms with van der Waals surface area (Å²) in [4.78, 5) is 24.2. The van der Waals surface area contributed by atoms with Crippen LogP contribution in [-0.2, 0) is 9.47 Å². The minimum atomic E-state index is 0.105. The largest absolute Gasteiger partial charge is 0.379 e. The van der Waals surface area contributed by atoms with Crippen molar-refractivity contribution < 1.29 is 14.3 Å². The van der Waals surface area contributed by atoms with Gasteiger partial charge in [0.25, 0.3) is 5.91 Å². The molecule has 4 heterocycles. The quantitative estimate of drug-likeness (QED) is 0.782. The summed E-state index contributed by atoms with van der Waals surface area (Å²) < 4.78 is 11.2. The van der Waals surface area contributed by atoms with Gasteiger partial charge >= 0.3 is 0 Å². The summed E-state index contributed by atoms with van der Waals surface area (Å²) in [7, 11) is 0. The van der Waals surface area contributed by atoms with Gasteiger partial charge in [0.2, 0.25) is 0 Å². The molecule has 1 amide bonds. The lowest BCUT2D eigenvalue weighted by Crippen LogP contribution is -2.50. The molecule has 4 rings (SSSR count). The molecule has 3 aliphatic rings. The number of anilines is 1. The van der Waals surface area contributed by atoms with Crippen LogP contribution >= 0.6 is 0 Å². The minimum absolute atomic E-state index is 0.105. The maximum Gasteiger partial charge on any atom is 0.255 e. The van der Waals surface area contributed by atoms with Gasteiger partial charge in [-0.15, -0.1) is 0 Å². The highest BCUT2D eigenvalue weighted by molar-refractivity contribution is 5.94. The second-order valence-electron chi connectivity index (χ2n) is 7.92. The second-order valence-corrected chi connectivity index (χ2v) is 7.92. The predicted octanol–water partition coefficient (Wildman–Crippen LogP) is 1.63. The van der Waals surface area contributed by atoms with Crippen molar-refractivity contribution in [2.24, 2.45) is 0 Å². The number of rotatable bonds is 4. The number of carbonyl (C=O) groups excluding carboxylic acids is 1. The highest BCUT2D eigenvalue weighted by Crippen LogP contribution is 2.21. The van der Waals surface area contributed by atoms with Crippen molar-refractivity contribution >= 4 is 11.7 Å². The van der Waals surface area contributed by atoms with E-state index in [1.54, 1.807) is 6.20 Å². The molecular formula is C21H32N4O3. The molecular weight excluding hydrogens is 356 g/mol. The van der Waals surface area contributed by atoms with Gasteiger partial charge < -0.3 is 19.3 Å². The zero-order valence-corrected chi connectivity index (χ0v) is 16.9. The maximum absolute atomic E-state index is 12.9. The number of hydrogen-bond donors (Lipinski definition) is 0. The molecule has 1 atom stereocenters. The molecule has 1 unspecified atom stereocenters. The Labute approximate surface area is 167 Å². The summed E-state index contributed by atoms with van der Waals surface area (Å²) in [6.07, 6.45) is 5.10. The average molecular weight is 389 g/mol. The molecule has 7 nitrogen and oxygen atoms in total. The molecule has 154 valence electrons. The number of aromatic nitrogens is 1. The summed E-state index contributed by atoms with van der Waals surface area (Å²) in [6, 6.07) is 4.49. The highest BCUT2D eigenvalue weighted by Gasteiger charge is 2.28. The van der Waals surface area contributed by atoms with Gasteiger partial charge in [0.1, 0.15) is 5.82 Å². The van der Waals surface area contributed by atoms with Gasteiger partial charge in [-0.2, -0.15) is 0 Å². The Bertz CT molecular complexity index is 640. The fraction of sp³-hybridized carbons (Fsp3) is 0.714. The Hall–Kier alpha value is -1.70. The molecule has 3 saturated heterocycles. The second kappa shape index (κ2) is 9.20. The number of ether oxygens (including phenoxy) is 2. The smallest absolute Gasteiger partial charge is 0.255 e. The third-order valence-corrected chi connectivity index (χ3v) is 6.23. The van der Waals surface area contributed by atoms with E-state index in [0.717, 1.165) is 84.2 Å². The molecule has 1 aromatic rings. The van der Waals surface area contributed by atoms with E-state index in [-0.39, 0.29) is 12.0 Å². The molecule has 3 fully saturated rings. The van der Waals surface area contributed by atoms with E-state index in [1.165, 1.54) is 0 Å². The molecule has 28 heavy (non-hydrogen) atoms. The molecule has 0 bridgehead atoms. The molecule has 0 aromatic carbocycles. The summed E-state index contributed by atoms with van der Waals surface area (Å²) in [6.45, 7) is 9.95. The Morgan fingerprint density at radius 2 is 1.89 bits per heavy atom. The number of hydrogen-bond acceptors (Lipinski definition) is 6. The minimum Gasteiger partial charge on any atom is -0.379 e. The van der Waals surface area contributed by atoms with Crippen LogP contribution < -0.4 is 4.90 Å². The number of carbonyl (C=O) groups is 1. The van der Waals surface area contributed by atoms with Gasteiger partial charge in [-0.25, -0.2) is 4.98 Å². The fourth-order valence-corrected chi connectivity index (χ4v) is 4.43. The number of likely N-dealkylation sites (tertiary alicyclic amines) is 1.